The summed E-state index contributed by atoms with van der Waals surface area (Å²) in [5.41, 5.74) is 1.56. The predicted octanol–water partition coefficient (Wildman–Crippen LogP) is 2.39. The van der Waals surface area contributed by atoms with Crippen LogP contribution in [0.3, 0.4) is 0 Å². The third-order valence-corrected chi connectivity index (χ3v) is 3.67. The Kier molecular flexibility index (Phi) is 3.62. The maximum Gasteiger partial charge on any atom is 0.0726 e. The topological polar surface area (TPSA) is 21.3 Å². The molecule has 1 N–H and O–H groups in total. The summed E-state index contributed by atoms with van der Waals surface area (Å²) in [6.07, 6.45) is 2.52. The van der Waals surface area contributed by atoms with E-state index in [-0.39, 0.29) is 5.54 Å². The molecule has 0 radical (unpaired) electrons. The summed E-state index contributed by atoms with van der Waals surface area (Å²) in [7, 11) is 0. The number of benzene rings is 1. The lowest BCUT2D eigenvalue weighted by Gasteiger charge is -2.29. The van der Waals surface area contributed by atoms with Crippen molar-refractivity contribution < 1.29 is 4.74 Å². The van der Waals surface area contributed by atoms with Crippen molar-refractivity contribution in [3.05, 3.63) is 35.9 Å². The molecule has 2 heteroatoms. The van der Waals surface area contributed by atoms with E-state index in [4.69, 9.17) is 4.74 Å². The minimum Gasteiger partial charge on any atom is -0.377 e. The van der Waals surface area contributed by atoms with Crippen molar-refractivity contribution in [2.75, 3.05) is 13.2 Å². The van der Waals surface area contributed by atoms with Crippen LogP contribution in [0, 0.1) is 0 Å². The third-order valence-electron chi connectivity index (χ3n) is 3.67. The summed E-state index contributed by atoms with van der Waals surface area (Å²) in [5, 5.41) is 3.63. The van der Waals surface area contributed by atoms with Gasteiger partial charge in [0, 0.05) is 12.1 Å². The van der Waals surface area contributed by atoms with Gasteiger partial charge in [0.15, 0.2) is 0 Å². The first-order valence-electron chi connectivity index (χ1n) is 6.11. The Morgan fingerprint density at radius 2 is 2.12 bits per heavy atom. The van der Waals surface area contributed by atoms with Crippen LogP contribution in [-0.4, -0.2) is 24.8 Å². The number of hydrogen-bond acceptors (Lipinski definition) is 2. The normalized spacial score (nSPS) is 29.5. The predicted molar refractivity (Wildman–Crippen MR) is 66.6 cm³/mol. The average molecular weight is 219 g/mol. The molecule has 1 fully saturated rings. The lowest BCUT2D eigenvalue weighted by Crippen LogP contribution is -2.48. The average Bonchev–Trinajstić information content (AvgIpc) is 2.61. The van der Waals surface area contributed by atoms with Crippen LogP contribution in [0.1, 0.15) is 25.8 Å². The van der Waals surface area contributed by atoms with Crippen LogP contribution in [0.25, 0.3) is 0 Å². The molecule has 0 saturated carbocycles. The van der Waals surface area contributed by atoms with Crippen LogP contribution < -0.4 is 5.32 Å². The van der Waals surface area contributed by atoms with Crippen molar-refractivity contribution in [3.8, 4) is 0 Å². The van der Waals surface area contributed by atoms with E-state index < -0.39 is 0 Å². The molecule has 2 rings (SSSR count). The van der Waals surface area contributed by atoms with E-state index in [0.29, 0.717) is 6.10 Å². The van der Waals surface area contributed by atoms with Crippen molar-refractivity contribution in [2.45, 2.75) is 38.3 Å². The Morgan fingerprint density at radius 3 is 2.75 bits per heavy atom. The van der Waals surface area contributed by atoms with Gasteiger partial charge in [-0.15, -0.1) is 0 Å². The summed E-state index contributed by atoms with van der Waals surface area (Å²) in [4.78, 5) is 0. The van der Waals surface area contributed by atoms with E-state index in [1.165, 1.54) is 5.56 Å². The SMILES string of the molecule is C[C@H]1OCC[C@@]1(C)NCCc1ccccc1. The van der Waals surface area contributed by atoms with Crippen molar-refractivity contribution in [3.63, 3.8) is 0 Å². The van der Waals surface area contributed by atoms with Gasteiger partial charge in [-0.25, -0.2) is 0 Å². The van der Waals surface area contributed by atoms with E-state index in [9.17, 15) is 0 Å². The Hall–Kier alpha value is -0.860. The first-order valence-corrected chi connectivity index (χ1v) is 6.11. The monoisotopic (exact) mass is 219 g/mol. The second-order valence-electron chi connectivity index (χ2n) is 4.84. The smallest absolute Gasteiger partial charge is 0.0726 e. The second kappa shape index (κ2) is 4.98. The fourth-order valence-electron chi connectivity index (χ4n) is 2.20. The van der Waals surface area contributed by atoms with E-state index >= 15 is 0 Å². The summed E-state index contributed by atoms with van der Waals surface area (Å²) >= 11 is 0. The maximum absolute atomic E-state index is 5.61. The van der Waals surface area contributed by atoms with Gasteiger partial charge in [0.1, 0.15) is 0 Å². The minimum absolute atomic E-state index is 0.161. The van der Waals surface area contributed by atoms with Crippen LogP contribution in [0.15, 0.2) is 30.3 Å². The number of hydrogen-bond donors (Lipinski definition) is 1. The van der Waals surface area contributed by atoms with E-state index in [2.05, 4.69) is 49.5 Å². The van der Waals surface area contributed by atoms with Crippen molar-refractivity contribution in [2.24, 2.45) is 0 Å². The zero-order valence-corrected chi connectivity index (χ0v) is 10.2. The standard InChI is InChI=1S/C14H21NO/c1-12-14(2,9-11-16-12)15-10-8-13-6-4-3-5-7-13/h3-7,12,15H,8-11H2,1-2H3/t12-,14-/m1/s1. The van der Waals surface area contributed by atoms with Crippen molar-refractivity contribution in [1.82, 2.24) is 5.32 Å². The lowest BCUT2D eigenvalue weighted by atomic mass is 9.94. The first-order chi connectivity index (χ1) is 7.71. The third kappa shape index (κ3) is 2.63. The first kappa shape index (κ1) is 11.6. The fourth-order valence-corrected chi connectivity index (χ4v) is 2.20. The highest BCUT2D eigenvalue weighted by atomic mass is 16.5. The molecule has 1 aliphatic rings. The van der Waals surface area contributed by atoms with E-state index in [1.807, 2.05) is 0 Å². The van der Waals surface area contributed by atoms with Gasteiger partial charge < -0.3 is 10.1 Å². The van der Waals surface area contributed by atoms with Gasteiger partial charge >= 0.3 is 0 Å². The molecule has 1 heterocycles. The van der Waals surface area contributed by atoms with Gasteiger partial charge in [-0.2, -0.15) is 0 Å². The molecule has 88 valence electrons. The van der Waals surface area contributed by atoms with Crippen LogP contribution in [0.4, 0.5) is 0 Å². The minimum atomic E-state index is 0.161. The molecular formula is C14H21NO. The molecule has 0 aromatic heterocycles. The Bertz CT molecular complexity index is 325. The van der Waals surface area contributed by atoms with E-state index in [1.54, 1.807) is 0 Å². The van der Waals surface area contributed by atoms with Gasteiger partial charge in [0.25, 0.3) is 0 Å². The van der Waals surface area contributed by atoms with Gasteiger partial charge in [-0.3, -0.25) is 0 Å². The number of rotatable bonds is 4. The maximum atomic E-state index is 5.61. The van der Waals surface area contributed by atoms with Crippen molar-refractivity contribution in [1.29, 1.82) is 0 Å². The molecule has 0 unspecified atom stereocenters. The van der Waals surface area contributed by atoms with Crippen LogP contribution in [0.2, 0.25) is 0 Å². The quantitative estimate of drug-likeness (QED) is 0.839. The summed E-state index contributed by atoms with van der Waals surface area (Å²) in [5.74, 6) is 0. The highest BCUT2D eigenvalue weighted by Gasteiger charge is 2.35. The van der Waals surface area contributed by atoms with E-state index in [0.717, 1.165) is 26.0 Å². The molecule has 0 aliphatic carbocycles. The zero-order chi connectivity index (χ0) is 11.4. The van der Waals surface area contributed by atoms with Crippen molar-refractivity contribution >= 4 is 0 Å². The highest BCUT2D eigenvalue weighted by molar-refractivity contribution is 5.15. The highest BCUT2D eigenvalue weighted by Crippen LogP contribution is 2.24. The molecule has 0 bridgehead atoms. The van der Waals surface area contributed by atoms with Crippen LogP contribution >= 0.6 is 0 Å². The number of ether oxygens (including phenoxy) is 1. The lowest BCUT2D eigenvalue weighted by molar-refractivity contribution is 0.0890. The van der Waals surface area contributed by atoms with Gasteiger partial charge in [-0.1, -0.05) is 30.3 Å². The van der Waals surface area contributed by atoms with Gasteiger partial charge in [0.2, 0.25) is 0 Å². The summed E-state index contributed by atoms with van der Waals surface area (Å²) < 4.78 is 5.61. The van der Waals surface area contributed by atoms with Crippen LogP contribution in [-0.2, 0) is 11.2 Å². The van der Waals surface area contributed by atoms with Gasteiger partial charge in [-0.05, 0) is 38.8 Å². The number of nitrogens with one attached hydrogen (secondary N) is 1. The Balaban J connectivity index is 1.80. The molecule has 1 saturated heterocycles. The molecule has 0 spiro atoms. The zero-order valence-electron chi connectivity index (χ0n) is 10.2. The molecule has 1 aromatic rings. The molecule has 0 amide bonds. The summed E-state index contributed by atoms with van der Waals surface area (Å²) in [6, 6.07) is 10.6. The Labute approximate surface area is 98.0 Å². The Morgan fingerprint density at radius 1 is 1.38 bits per heavy atom. The molecule has 16 heavy (non-hydrogen) atoms. The van der Waals surface area contributed by atoms with Gasteiger partial charge in [0.05, 0.1) is 6.10 Å². The van der Waals surface area contributed by atoms with Crippen LogP contribution in [0.5, 0.6) is 0 Å². The second-order valence-corrected chi connectivity index (χ2v) is 4.84. The summed E-state index contributed by atoms with van der Waals surface area (Å²) in [6.45, 7) is 6.32. The molecule has 2 atom stereocenters. The molecule has 2 nitrogen and oxygen atoms in total. The largest absolute Gasteiger partial charge is 0.377 e. The molecular weight excluding hydrogens is 198 g/mol. The molecule has 1 aliphatic heterocycles. The fraction of sp³-hybridized carbons (Fsp3) is 0.571. The molecule has 1 aromatic carbocycles.